The maximum atomic E-state index is 13.2. The van der Waals surface area contributed by atoms with Gasteiger partial charge in [0.05, 0.1) is 19.6 Å². The molecule has 0 aliphatic carbocycles. The average molecular weight is 421 g/mol. The summed E-state index contributed by atoms with van der Waals surface area (Å²) in [6.07, 6.45) is -3.37. The van der Waals surface area contributed by atoms with Gasteiger partial charge in [-0.05, 0) is 54.7 Å². The third kappa shape index (κ3) is 4.16. The second-order valence-electron chi connectivity index (χ2n) is 7.02. The van der Waals surface area contributed by atoms with Gasteiger partial charge >= 0.3 is 12.1 Å². The lowest BCUT2D eigenvalue weighted by Gasteiger charge is -2.21. The van der Waals surface area contributed by atoms with Crippen LogP contribution >= 0.6 is 0 Å². The summed E-state index contributed by atoms with van der Waals surface area (Å²) in [5.41, 5.74) is 3.56. The number of carbonyl (C=O) groups excluding carboxylic acids is 1. The quantitative estimate of drug-likeness (QED) is 0.610. The fraction of sp³-hybridized carbons (Fsp3) is 0.381. The second kappa shape index (κ2) is 8.43. The van der Waals surface area contributed by atoms with E-state index in [2.05, 4.69) is 10.2 Å². The normalized spacial score (nSPS) is 12.9. The molecule has 0 aliphatic rings. The van der Waals surface area contributed by atoms with Crippen LogP contribution in [-0.2, 0) is 22.3 Å². The van der Waals surface area contributed by atoms with Crippen molar-refractivity contribution in [2.45, 2.75) is 45.9 Å². The molecule has 30 heavy (non-hydrogen) atoms. The summed E-state index contributed by atoms with van der Waals surface area (Å²) in [6.45, 7) is 5.27. The van der Waals surface area contributed by atoms with Gasteiger partial charge in [0.2, 0.25) is 5.82 Å². The Hall–Kier alpha value is -2.94. The van der Waals surface area contributed by atoms with Crippen molar-refractivity contribution in [3.05, 3.63) is 64.1 Å². The smallest absolute Gasteiger partial charge is 0.452 e. The lowest BCUT2D eigenvalue weighted by atomic mass is 9.85. The molecule has 9 heteroatoms. The van der Waals surface area contributed by atoms with Crippen molar-refractivity contribution in [3.63, 3.8) is 0 Å². The van der Waals surface area contributed by atoms with E-state index in [0.29, 0.717) is 16.7 Å². The maximum absolute atomic E-state index is 13.2. The average Bonchev–Trinajstić information content (AvgIpc) is 3.13. The van der Waals surface area contributed by atoms with E-state index in [1.807, 2.05) is 19.1 Å². The number of carbonyl (C=O) groups is 1. The fourth-order valence-corrected chi connectivity index (χ4v) is 3.54. The highest BCUT2D eigenvalue weighted by atomic mass is 19.4. The van der Waals surface area contributed by atoms with E-state index in [0.717, 1.165) is 15.5 Å². The number of ether oxygens (including phenoxy) is 1. The Morgan fingerprint density at radius 1 is 1.23 bits per heavy atom. The molecule has 0 bridgehead atoms. The van der Waals surface area contributed by atoms with Crippen LogP contribution in [0.1, 0.15) is 52.9 Å². The zero-order valence-electron chi connectivity index (χ0n) is 16.8. The largest absolute Gasteiger partial charge is 0.466 e. The van der Waals surface area contributed by atoms with Crippen LogP contribution in [0.2, 0.25) is 0 Å². The van der Waals surface area contributed by atoms with Gasteiger partial charge in [-0.2, -0.15) is 13.2 Å². The van der Waals surface area contributed by atoms with Crippen molar-refractivity contribution < 1.29 is 27.8 Å². The van der Waals surface area contributed by atoms with Gasteiger partial charge in [-0.25, -0.2) is 0 Å². The summed E-state index contributed by atoms with van der Waals surface area (Å²) in [4.78, 5) is 12.3. The summed E-state index contributed by atoms with van der Waals surface area (Å²) in [5, 5.41) is 16.6. The summed E-state index contributed by atoms with van der Waals surface area (Å²) in [7, 11) is 0. The Bertz CT molecular complexity index is 1080. The molecule has 0 amide bonds. The number of benzene rings is 1. The molecule has 0 spiro atoms. The van der Waals surface area contributed by atoms with Gasteiger partial charge < -0.3 is 9.84 Å². The second-order valence-corrected chi connectivity index (χ2v) is 7.02. The van der Waals surface area contributed by atoms with E-state index >= 15 is 0 Å². The van der Waals surface area contributed by atoms with Crippen molar-refractivity contribution in [2.75, 3.05) is 6.61 Å². The van der Waals surface area contributed by atoms with Crippen LogP contribution in [0.5, 0.6) is 0 Å². The van der Waals surface area contributed by atoms with Crippen LogP contribution in [0.25, 0.3) is 5.65 Å². The molecule has 3 rings (SSSR count). The standard InChI is InChI=1S/C21H22F3N3O3/c1-4-30-18(29)10-17(14-6-5-12(2)15(9-14)11-28)16-7-8-27-19(13(16)3)25-26-20(27)21(22,23)24/h5-9,17,28H,4,10-11H2,1-3H3. The number of nitrogens with zero attached hydrogens (tertiary/aromatic N) is 3. The number of hydrogen-bond donors (Lipinski definition) is 1. The van der Waals surface area contributed by atoms with Crippen molar-refractivity contribution in [1.29, 1.82) is 0 Å². The van der Waals surface area contributed by atoms with Crippen LogP contribution in [0, 0.1) is 13.8 Å². The number of aliphatic hydroxyl groups is 1. The molecular formula is C21H22F3N3O3. The first-order valence-electron chi connectivity index (χ1n) is 9.44. The maximum Gasteiger partial charge on any atom is 0.452 e. The first-order valence-corrected chi connectivity index (χ1v) is 9.44. The summed E-state index contributed by atoms with van der Waals surface area (Å²) in [5.74, 6) is -2.01. The third-order valence-electron chi connectivity index (χ3n) is 5.12. The zero-order chi connectivity index (χ0) is 22.1. The Morgan fingerprint density at radius 3 is 2.60 bits per heavy atom. The topological polar surface area (TPSA) is 76.7 Å². The van der Waals surface area contributed by atoms with Crippen LogP contribution in [0.3, 0.4) is 0 Å². The molecule has 6 nitrogen and oxygen atoms in total. The molecule has 1 unspecified atom stereocenters. The Balaban J connectivity index is 2.15. The third-order valence-corrected chi connectivity index (χ3v) is 5.12. The van der Waals surface area contributed by atoms with Gasteiger partial charge in [0, 0.05) is 12.1 Å². The summed E-state index contributed by atoms with van der Waals surface area (Å²) in [6, 6.07) is 7.02. The van der Waals surface area contributed by atoms with E-state index in [9.17, 15) is 23.1 Å². The number of rotatable bonds is 6. The highest BCUT2D eigenvalue weighted by Crippen LogP contribution is 2.35. The van der Waals surface area contributed by atoms with Gasteiger partial charge in [-0.3, -0.25) is 9.20 Å². The molecule has 2 aromatic heterocycles. The molecule has 1 N–H and O–H groups in total. The van der Waals surface area contributed by atoms with Crippen LogP contribution < -0.4 is 0 Å². The number of halogens is 3. The Labute approximate surface area is 171 Å². The molecular weight excluding hydrogens is 399 g/mol. The van der Waals surface area contributed by atoms with E-state index < -0.39 is 23.9 Å². The molecule has 1 atom stereocenters. The predicted molar refractivity (Wildman–Crippen MR) is 103 cm³/mol. The van der Waals surface area contributed by atoms with Gasteiger partial charge in [-0.15, -0.1) is 10.2 Å². The minimum atomic E-state index is -4.63. The Kier molecular flexibility index (Phi) is 6.12. The number of hydrogen-bond acceptors (Lipinski definition) is 5. The lowest BCUT2D eigenvalue weighted by molar-refractivity contribution is -0.145. The molecule has 160 valence electrons. The molecule has 0 fully saturated rings. The lowest BCUT2D eigenvalue weighted by Crippen LogP contribution is -2.15. The minimum Gasteiger partial charge on any atom is -0.466 e. The van der Waals surface area contributed by atoms with Gasteiger partial charge in [-0.1, -0.05) is 18.2 Å². The van der Waals surface area contributed by atoms with Crippen molar-refractivity contribution in [2.24, 2.45) is 0 Å². The van der Waals surface area contributed by atoms with E-state index in [1.54, 1.807) is 26.0 Å². The van der Waals surface area contributed by atoms with Crippen LogP contribution in [0.4, 0.5) is 13.2 Å². The molecule has 0 saturated carbocycles. The van der Waals surface area contributed by atoms with Crippen molar-refractivity contribution in [3.8, 4) is 0 Å². The number of pyridine rings is 1. The minimum absolute atomic E-state index is 0.000944. The number of alkyl halides is 3. The molecule has 0 radical (unpaired) electrons. The Morgan fingerprint density at radius 2 is 1.97 bits per heavy atom. The number of aromatic nitrogens is 3. The van der Waals surface area contributed by atoms with E-state index in [4.69, 9.17) is 4.74 Å². The predicted octanol–water partition coefficient (Wildman–Crippen LogP) is 3.94. The molecule has 2 heterocycles. The van der Waals surface area contributed by atoms with Gasteiger partial charge in [0.15, 0.2) is 5.65 Å². The van der Waals surface area contributed by atoms with Crippen molar-refractivity contribution in [1.82, 2.24) is 14.6 Å². The molecule has 0 aliphatic heterocycles. The number of fused-ring (bicyclic) bond motifs is 1. The van der Waals surface area contributed by atoms with Gasteiger partial charge in [0.1, 0.15) is 0 Å². The van der Waals surface area contributed by atoms with E-state index in [-0.39, 0.29) is 25.3 Å². The number of aliphatic hydroxyl groups excluding tert-OH is 1. The summed E-state index contributed by atoms with van der Waals surface area (Å²) < 4.78 is 45.5. The molecule has 3 aromatic rings. The highest BCUT2D eigenvalue weighted by molar-refractivity contribution is 5.72. The highest BCUT2D eigenvalue weighted by Gasteiger charge is 2.37. The molecule has 0 saturated heterocycles. The number of aryl methyl sites for hydroxylation is 2. The first-order chi connectivity index (χ1) is 14.2. The summed E-state index contributed by atoms with van der Waals surface area (Å²) >= 11 is 0. The first kappa shape index (κ1) is 21.8. The number of esters is 1. The van der Waals surface area contributed by atoms with Crippen LogP contribution in [0.15, 0.2) is 30.5 Å². The fourth-order valence-electron chi connectivity index (χ4n) is 3.54. The monoisotopic (exact) mass is 421 g/mol. The SMILES string of the molecule is CCOC(=O)CC(c1ccc(C)c(CO)c1)c1ccn2c(C(F)(F)F)nnc2c1C. The van der Waals surface area contributed by atoms with Gasteiger partial charge in [0.25, 0.3) is 0 Å². The zero-order valence-corrected chi connectivity index (χ0v) is 16.8. The van der Waals surface area contributed by atoms with Crippen LogP contribution in [-0.4, -0.2) is 32.3 Å². The van der Waals surface area contributed by atoms with Crippen molar-refractivity contribution >= 4 is 11.6 Å². The molecule has 1 aromatic carbocycles. The van der Waals surface area contributed by atoms with E-state index in [1.165, 1.54) is 6.20 Å².